The highest BCUT2D eigenvalue weighted by Gasteiger charge is 2.88. The molecule has 3 aliphatic rings. The lowest BCUT2D eigenvalue weighted by Crippen LogP contribution is -2.74. The van der Waals surface area contributed by atoms with Gasteiger partial charge < -0.3 is 5.32 Å². The molecule has 2 fully saturated rings. The zero-order chi connectivity index (χ0) is 19.2. The summed E-state index contributed by atoms with van der Waals surface area (Å²) in [6.07, 6.45) is 16.1. The third-order valence-electron chi connectivity index (χ3n) is 7.68. The molecule has 1 aliphatic heterocycles. The number of likely N-dealkylation sites (tertiary alicyclic amines) is 1. The van der Waals surface area contributed by atoms with Crippen LogP contribution in [0.4, 0.5) is 0 Å². The molecule has 26 heavy (non-hydrogen) atoms. The van der Waals surface area contributed by atoms with Gasteiger partial charge in [-0.3, -0.25) is 9.69 Å². The van der Waals surface area contributed by atoms with Crippen molar-refractivity contribution in [2.24, 2.45) is 5.41 Å². The molecule has 0 aromatic rings. The van der Waals surface area contributed by atoms with Crippen molar-refractivity contribution in [2.75, 3.05) is 0 Å². The highest BCUT2D eigenvalue weighted by Crippen LogP contribution is 2.74. The second-order valence-corrected chi connectivity index (χ2v) is 9.15. The van der Waals surface area contributed by atoms with Crippen LogP contribution in [0.15, 0.2) is 36.0 Å². The van der Waals surface area contributed by atoms with Gasteiger partial charge in [-0.2, -0.15) is 0 Å². The number of rotatable bonds is 5. The summed E-state index contributed by atoms with van der Waals surface area (Å²) < 4.78 is 0. The zero-order valence-electron chi connectivity index (χ0n) is 17.4. The SMILES string of the molecule is CCC1(C)C(C)(NC(=O)/C=C/C2=C/CCCCC=C2)C2N(C(C)C)C21C. The molecule has 3 heteroatoms. The number of carbonyl (C=O) groups excluding carboxylic acids is 1. The average molecular weight is 357 g/mol. The van der Waals surface area contributed by atoms with Crippen LogP contribution in [0.5, 0.6) is 0 Å². The van der Waals surface area contributed by atoms with Gasteiger partial charge >= 0.3 is 0 Å². The normalized spacial score (nSPS) is 43.9. The number of hydrogen-bond donors (Lipinski definition) is 1. The summed E-state index contributed by atoms with van der Waals surface area (Å²) in [5.74, 6) is 0.0289. The van der Waals surface area contributed by atoms with Gasteiger partial charge in [-0.25, -0.2) is 0 Å². The highest BCUT2D eigenvalue weighted by atomic mass is 16.1. The third kappa shape index (κ3) is 2.62. The quantitative estimate of drug-likeness (QED) is 0.569. The zero-order valence-corrected chi connectivity index (χ0v) is 17.4. The Morgan fingerprint density at radius 1 is 1.31 bits per heavy atom. The first-order valence-corrected chi connectivity index (χ1v) is 10.4. The van der Waals surface area contributed by atoms with Gasteiger partial charge in [-0.15, -0.1) is 0 Å². The van der Waals surface area contributed by atoms with Crippen molar-refractivity contribution in [3.8, 4) is 0 Å². The Balaban J connectivity index is 1.72. The Morgan fingerprint density at radius 3 is 2.65 bits per heavy atom. The molecule has 3 rings (SSSR count). The molecule has 0 bridgehead atoms. The fourth-order valence-electron chi connectivity index (χ4n) is 5.91. The smallest absolute Gasteiger partial charge is 0.244 e. The summed E-state index contributed by atoms with van der Waals surface area (Å²) in [5.41, 5.74) is 1.29. The van der Waals surface area contributed by atoms with Crippen molar-refractivity contribution >= 4 is 5.91 Å². The topological polar surface area (TPSA) is 32.1 Å². The van der Waals surface area contributed by atoms with Crippen molar-refractivity contribution in [1.82, 2.24) is 10.2 Å². The molecule has 1 saturated heterocycles. The minimum atomic E-state index is -0.173. The van der Waals surface area contributed by atoms with Gasteiger partial charge in [-0.1, -0.05) is 32.1 Å². The van der Waals surface area contributed by atoms with Crippen molar-refractivity contribution in [3.63, 3.8) is 0 Å². The minimum absolute atomic E-state index is 0.0289. The fraction of sp³-hybridized carbons (Fsp3) is 0.696. The first-order valence-electron chi connectivity index (χ1n) is 10.4. The van der Waals surface area contributed by atoms with Crippen LogP contribution in [0.1, 0.15) is 73.6 Å². The maximum Gasteiger partial charge on any atom is 0.244 e. The maximum absolute atomic E-state index is 12.7. The van der Waals surface area contributed by atoms with Crippen LogP contribution in [0.25, 0.3) is 0 Å². The molecule has 1 saturated carbocycles. The summed E-state index contributed by atoms with van der Waals surface area (Å²) in [4.78, 5) is 15.3. The van der Waals surface area contributed by atoms with Crippen LogP contribution in [-0.4, -0.2) is 34.0 Å². The van der Waals surface area contributed by atoms with E-state index in [4.69, 9.17) is 0 Å². The van der Waals surface area contributed by atoms with Crippen molar-refractivity contribution in [2.45, 2.75) is 96.8 Å². The molecule has 1 N–H and O–H groups in total. The van der Waals surface area contributed by atoms with Crippen LogP contribution in [0.3, 0.4) is 0 Å². The standard InChI is InChI=1S/C23H36N2O/c1-7-21(4)22(5,20-23(21,6)25(20)17(2)3)24-19(26)16-15-18-13-11-9-8-10-12-14-18/h11,13-17,20H,7-10,12H2,1-6H3,(H,24,26)/b13-11?,16-15+,18-14+. The summed E-state index contributed by atoms with van der Waals surface area (Å²) in [5, 5.41) is 3.38. The first kappa shape index (κ1) is 19.4. The van der Waals surface area contributed by atoms with E-state index in [1.165, 1.54) is 12.8 Å². The van der Waals surface area contributed by atoms with Gasteiger partial charge in [-0.05, 0) is 71.4 Å². The molecule has 1 amide bonds. The van der Waals surface area contributed by atoms with E-state index in [9.17, 15) is 4.79 Å². The van der Waals surface area contributed by atoms with Crippen LogP contribution in [0, 0.1) is 5.41 Å². The monoisotopic (exact) mass is 356 g/mol. The number of fused-ring (bicyclic) bond motifs is 1. The highest BCUT2D eigenvalue weighted by molar-refractivity contribution is 5.89. The average Bonchev–Trinajstić information content (AvgIpc) is 3.18. The van der Waals surface area contributed by atoms with Crippen molar-refractivity contribution in [3.05, 3.63) is 36.0 Å². The lowest BCUT2D eigenvalue weighted by Gasteiger charge is -2.58. The van der Waals surface area contributed by atoms with E-state index >= 15 is 0 Å². The largest absolute Gasteiger partial charge is 0.345 e. The lowest BCUT2D eigenvalue weighted by molar-refractivity contribution is -0.123. The molecule has 2 aliphatic carbocycles. The van der Waals surface area contributed by atoms with E-state index in [1.54, 1.807) is 6.08 Å². The van der Waals surface area contributed by atoms with Gasteiger partial charge in [0.05, 0.1) is 11.6 Å². The van der Waals surface area contributed by atoms with Crippen molar-refractivity contribution in [1.29, 1.82) is 0 Å². The summed E-state index contributed by atoms with van der Waals surface area (Å²) in [6, 6.07) is 0.952. The van der Waals surface area contributed by atoms with Gasteiger partial charge in [0.25, 0.3) is 0 Å². The van der Waals surface area contributed by atoms with Gasteiger partial charge in [0, 0.05) is 23.1 Å². The van der Waals surface area contributed by atoms with E-state index in [0.29, 0.717) is 12.1 Å². The molecule has 0 radical (unpaired) electrons. The number of hydrogen-bond acceptors (Lipinski definition) is 2. The molecule has 5 atom stereocenters. The molecule has 1 heterocycles. The number of nitrogens with zero attached hydrogens (tertiary/aromatic N) is 1. The van der Waals surface area contributed by atoms with Gasteiger partial charge in [0.1, 0.15) is 0 Å². The Morgan fingerprint density at radius 2 is 2.00 bits per heavy atom. The van der Waals surface area contributed by atoms with E-state index in [0.717, 1.165) is 24.8 Å². The summed E-state index contributed by atoms with van der Waals surface area (Å²) >= 11 is 0. The van der Waals surface area contributed by atoms with E-state index < -0.39 is 0 Å². The van der Waals surface area contributed by atoms with Gasteiger partial charge in [0.15, 0.2) is 0 Å². The molecular formula is C23H36N2O. The van der Waals surface area contributed by atoms with E-state index in [1.807, 2.05) is 6.08 Å². The Labute approximate surface area is 159 Å². The van der Waals surface area contributed by atoms with Crippen molar-refractivity contribution < 1.29 is 4.79 Å². The molecular weight excluding hydrogens is 320 g/mol. The second-order valence-electron chi connectivity index (χ2n) is 9.15. The Kier molecular flexibility index (Phi) is 4.98. The van der Waals surface area contributed by atoms with Crippen LogP contribution in [-0.2, 0) is 4.79 Å². The predicted octanol–water partition coefficient (Wildman–Crippen LogP) is 4.76. The number of carbonyl (C=O) groups is 1. The number of nitrogens with one attached hydrogen (secondary N) is 1. The fourth-order valence-corrected chi connectivity index (χ4v) is 5.91. The molecule has 5 unspecified atom stereocenters. The molecule has 0 spiro atoms. The van der Waals surface area contributed by atoms with Crippen LogP contribution < -0.4 is 5.32 Å². The van der Waals surface area contributed by atoms with E-state index in [2.05, 4.69) is 70.0 Å². The molecule has 0 aromatic carbocycles. The maximum atomic E-state index is 12.7. The lowest BCUT2D eigenvalue weighted by atomic mass is 9.49. The molecule has 0 aromatic heterocycles. The summed E-state index contributed by atoms with van der Waals surface area (Å²) in [6.45, 7) is 13.7. The summed E-state index contributed by atoms with van der Waals surface area (Å²) in [7, 11) is 0. The molecule has 3 nitrogen and oxygen atoms in total. The van der Waals surface area contributed by atoms with Crippen LogP contribution >= 0.6 is 0 Å². The Bertz CT molecular complexity index is 661. The predicted molar refractivity (Wildman–Crippen MR) is 109 cm³/mol. The second kappa shape index (κ2) is 6.67. The van der Waals surface area contributed by atoms with Crippen LogP contribution in [0.2, 0.25) is 0 Å². The first-order chi connectivity index (χ1) is 12.2. The molecule has 144 valence electrons. The Hall–Kier alpha value is -1.35. The third-order valence-corrected chi connectivity index (χ3v) is 7.68. The number of amides is 1. The van der Waals surface area contributed by atoms with E-state index in [-0.39, 0.29) is 22.4 Å². The number of allylic oxidation sites excluding steroid dienone is 5. The minimum Gasteiger partial charge on any atom is -0.345 e. The van der Waals surface area contributed by atoms with Gasteiger partial charge in [0.2, 0.25) is 5.91 Å².